The van der Waals surface area contributed by atoms with Crippen LogP contribution in [0.25, 0.3) is 0 Å². The van der Waals surface area contributed by atoms with E-state index in [9.17, 15) is 14.4 Å². The maximum atomic E-state index is 13.7. The normalized spacial score (nSPS) is 20.5. The van der Waals surface area contributed by atoms with Crippen LogP contribution in [-0.4, -0.2) is 23.9 Å². The van der Waals surface area contributed by atoms with Gasteiger partial charge < -0.3 is 4.74 Å². The van der Waals surface area contributed by atoms with Gasteiger partial charge in [-0.25, -0.2) is 14.8 Å². The molecule has 0 N–H and O–H groups in total. The third kappa shape index (κ3) is 4.27. The van der Waals surface area contributed by atoms with Crippen LogP contribution < -0.4 is 14.7 Å². The number of anilines is 2. The zero-order valence-corrected chi connectivity index (χ0v) is 21.5. The molecule has 3 atom stereocenters. The van der Waals surface area contributed by atoms with Crippen molar-refractivity contribution in [2.75, 3.05) is 9.96 Å². The number of carbonyl (C=O) groups excluding carboxylic acids is 3. The number of hydrogen-bond acceptors (Lipinski definition) is 6. The molecule has 0 aliphatic carbocycles. The lowest BCUT2D eigenvalue weighted by Crippen LogP contribution is -2.37. The lowest BCUT2D eigenvalue weighted by Gasteiger charge is -2.28. The molecule has 2 fully saturated rings. The van der Waals surface area contributed by atoms with Crippen molar-refractivity contribution in [1.82, 2.24) is 0 Å². The van der Waals surface area contributed by atoms with E-state index in [-0.39, 0.29) is 5.91 Å². The van der Waals surface area contributed by atoms with Crippen LogP contribution in [-0.2, 0) is 14.4 Å². The highest BCUT2D eigenvalue weighted by Crippen LogP contribution is 2.47. The average molecular weight is 569 g/mol. The van der Waals surface area contributed by atoms with Gasteiger partial charge in [0, 0.05) is 4.47 Å². The first-order valence-electron chi connectivity index (χ1n) is 12.0. The van der Waals surface area contributed by atoms with Crippen molar-refractivity contribution < 1.29 is 24.0 Å². The van der Waals surface area contributed by atoms with Crippen LogP contribution in [0.2, 0.25) is 0 Å². The van der Waals surface area contributed by atoms with Crippen LogP contribution in [0.1, 0.15) is 22.0 Å². The average Bonchev–Trinajstić information content (AvgIpc) is 3.46. The van der Waals surface area contributed by atoms with Gasteiger partial charge in [-0.05, 0) is 66.2 Å². The number of fused-ring (bicyclic) bond motifs is 1. The van der Waals surface area contributed by atoms with Gasteiger partial charge in [-0.3, -0.25) is 14.4 Å². The number of hydroxylamine groups is 1. The fourth-order valence-corrected chi connectivity index (χ4v) is 5.13. The van der Waals surface area contributed by atoms with Crippen molar-refractivity contribution in [2.45, 2.75) is 12.1 Å². The highest BCUT2D eigenvalue weighted by Gasteiger charge is 2.60. The molecule has 2 aliphatic rings. The van der Waals surface area contributed by atoms with E-state index in [4.69, 9.17) is 9.57 Å². The van der Waals surface area contributed by atoms with Gasteiger partial charge in [0.05, 0.1) is 23.0 Å². The zero-order valence-electron chi connectivity index (χ0n) is 19.9. The maximum absolute atomic E-state index is 13.7. The fraction of sp³-hybridized carbons (Fsp3) is 0.100. The molecule has 0 radical (unpaired) electrons. The Bertz CT molecular complexity index is 1490. The molecule has 0 aromatic heterocycles. The minimum atomic E-state index is -0.966. The Hall–Kier alpha value is -4.27. The van der Waals surface area contributed by atoms with E-state index in [1.54, 1.807) is 77.9 Å². The first kappa shape index (κ1) is 24.1. The second kappa shape index (κ2) is 9.89. The van der Waals surface area contributed by atoms with E-state index in [1.165, 1.54) is 4.90 Å². The van der Waals surface area contributed by atoms with Crippen LogP contribution in [0.4, 0.5) is 11.4 Å². The van der Waals surface area contributed by atoms with Gasteiger partial charge in [-0.1, -0.05) is 64.5 Å². The van der Waals surface area contributed by atoms with Gasteiger partial charge in [0.1, 0.15) is 11.7 Å². The second-order valence-electron chi connectivity index (χ2n) is 8.97. The molecule has 2 heterocycles. The number of nitrogens with zero attached hydrogens (tertiary/aromatic N) is 2. The molecule has 3 unspecified atom stereocenters. The van der Waals surface area contributed by atoms with Gasteiger partial charge in [0.15, 0.2) is 6.10 Å². The highest BCUT2D eigenvalue weighted by atomic mass is 79.9. The molecular weight excluding hydrogens is 548 g/mol. The Morgan fingerprint density at radius 2 is 1.37 bits per heavy atom. The third-order valence-corrected chi connectivity index (χ3v) is 7.18. The van der Waals surface area contributed by atoms with E-state index in [2.05, 4.69) is 15.9 Å². The number of esters is 1. The molecule has 0 saturated carbocycles. The van der Waals surface area contributed by atoms with E-state index in [0.717, 1.165) is 15.7 Å². The Kier molecular flexibility index (Phi) is 6.27. The Morgan fingerprint density at radius 3 is 2.03 bits per heavy atom. The van der Waals surface area contributed by atoms with E-state index < -0.39 is 29.9 Å². The van der Waals surface area contributed by atoms with Crippen LogP contribution in [0.3, 0.4) is 0 Å². The van der Waals surface area contributed by atoms with Crippen LogP contribution in [0.5, 0.6) is 5.75 Å². The first-order chi connectivity index (χ1) is 18.5. The topological polar surface area (TPSA) is 76.2 Å². The Labute approximate surface area is 227 Å². The van der Waals surface area contributed by atoms with Gasteiger partial charge in [0.25, 0.3) is 5.91 Å². The molecule has 2 saturated heterocycles. The summed E-state index contributed by atoms with van der Waals surface area (Å²) in [7, 11) is 0. The van der Waals surface area contributed by atoms with Crippen LogP contribution in [0.15, 0.2) is 114 Å². The van der Waals surface area contributed by atoms with Gasteiger partial charge >= 0.3 is 5.97 Å². The maximum Gasteiger partial charge on any atom is 0.343 e. The summed E-state index contributed by atoms with van der Waals surface area (Å²) in [5, 5.41) is 1.63. The summed E-state index contributed by atoms with van der Waals surface area (Å²) in [6.07, 6.45) is -0.966. The molecule has 4 aromatic carbocycles. The number of amides is 2. The number of ether oxygens (including phenoxy) is 1. The first-order valence-corrected chi connectivity index (χ1v) is 12.8. The van der Waals surface area contributed by atoms with E-state index in [1.807, 2.05) is 36.4 Å². The molecular formula is C30H21BrN2O5. The molecule has 2 amide bonds. The fourth-order valence-electron chi connectivity index (χ4n) is 4.87. The van der Waals surface area contributed by atoms with Crippen molar-refractivity contribution in [1.29, 1.82) is 0 Å². The Balaban J connectivity index is 1.32. The van der Waals surface area contributed by atoms with Crippen LogP contribution in [0, 0.1) is 5.92 Å². The molecule has 4 aromatic rings. The second-order valence-corrected chi connectivity index (χ2v) is 9.89. The van der Waals surface area contributed by atoms with Crippen molar-refractivity contribution in [2.24, 2.45) is 5.92 Å². The summed E-state index contributed by atoms with van der Waals surface area (Å²) in [4.78, 5) is 47.0. The van der Waals surface area contributed by atoms with Gasteiger partial charge in [-0.15, -0.1) is 0 Å². The van der Waals surface area contributed by atoms with Crippen molar-refractivity contribution >= 4 is 45.1 Å². The number of benzene rings is 4. The standard InChI is InChI=1S/C30H21BrN2O5/c31-21-13-15-22(16-14-21)32-28(34)25-26(33(38-27(25)29(32)35)23-9-5-2-6-10-23)19-11-17-24(18-12-19)37-30(36)20-7-3-1-4-8-20/h1-18,25-27H. The number of hydrogen-bond donors (Lipinski definition) is 0. The molecule has 8 heteroatoms. The van der Waals surface area contributed by atoms with Crippen LogP contribution >= 0.6 is 15.9 Å². The molecule has 0 bridgehead atoms. The van der Waals surface area contributed by atoms with Crippen molar-refractivity contribution in [3.8, 4) is 5.75 Å². The molecule has 7 nitrogen and oxygen atoms in total. The monoisotopic (exact) mass is 568 g/mol. The smallest absolute Gasteiger partial charge is 0.343 e. The predicted molar refractivity (Wildman–Crippen MR) is 145 cm³/mol. The number of imide groups is 1. The molecule has 0 spiro atoms. The molecule has 38 heavy (non-hydrogen) atoms. The van der Waals surface area contributed by atoms with Gasteiger partial charge in [-0.2, -0.15) is 0 Å². The van der Waals surface area contributed by atoms with Crippen molar-refractivity contribution in [3.63, 3.8) is 0 Å². The lowest BCUT2D eigenvalue weighted by molar-refractivity contribution is -0.126. The molecule has 188 valence electrons. The summed E-state index contributed by atoms with van der Waals surface area (Å²) in [5.41, 5.74) is 2.42. The summed E-state index contributed by atoms with van der Waals surface area (Å²) >= 11 is 3.39. The van der Waals surface area contributed by atoms with Crippen molar-refractivity contribution in [3.05, 3.63) is 125 Å². The summed E-state index contributed by atoms with van der Waals surface area (Å²) in [6.45, 7) is 0. The summed E-state index contributed by atoms with van der Waals surface area (Å²) < 4.78 is 6.37. The number of rotatable bonds is 5. The Morgan fingerprint density at radius 1 is 0.737 bits per heavy atom. The third-order valence-electron chi connectivity index (χ3n) is 6.65. The minimum absolute atomic E-state index is 0.328. The zero-order chi connectivity index (χ0) is 26.2. The van der Waals surface area contributed by atoms with E-state index >= 15 is 0 Å². The number of halogens is 1. The predicted octanol–water partition coefficient (Wildman–Crippen LogP) is 5.72. The lowest BCUT2D eigenvalue weighted by atomic mass is 9.90. The van der Waals surface area contributed by atoms with E-state index in [0.29, 0.717) is 17.0 Å². The molecule has 6 rings (SSSR count). The number of carbonyl (C=O) groups is 3. The SMILES string of the molecule is O=C(Oc1ccc(C2C3C(=O)N(c4ccc(Br)cc4)C(=O)C3ON2c2ccccc2)cc1)c1ccccc1. The highest BCUT2D eigenvalue weighted by molar-refractivity contribution is 9.10. The minimum Gasteiger partial charge on any atom is -0.423 e. The summed E-state index contributed by atoms with van der Waals surface area (Å²) in [5.74, 6) is -1.58. The molecule has 2 aliphatic heterocycles. The quantitative estimate of drug-likeness (QED) is 0.174. The largest absolute Gasteiger partial charge is 0.423 e. The summed E-state index contributed by atoms with van der Waals surface area (Å²) in [6, 6.07) is 31.5. The van der Waals surface area contributed by atoms with Gasteiger partial charge in [0.2, 0.25) is 5.91 Å². The number of para-hydroxylation sites is 1.